The van der Waals surface area contributed by atoms with Gasteiger partial charge in [0.25, 0.3) is 0 Å². The molecule has 0 unspecified atom stereocenters. The molecule has 0 aliphatic rings. The first kappa shape index (κ1) is 15.5. The van der Waals surface area contributed by atoms with E-state index in [1.807, 2.05) is 0 Å². The minimum absolute atomic E-state index is 0.374. The van der Waals surface area contributed by atoms with Crippen molar-refractivity contribution < 1.29 is 38.8 Å². The highest BCUT2D eigenvalue weighted by Gasteiger charge is 2.01. The van der Waals surface area contributed by atoms with Gasteiger partial charge in [0.05, 0.1) is 13.2 Å². The molecule has 0 rings (SSSR count). The van der Waals surface area contributed by atoms with Gasteiger partial charge >= 0.3 is 18.5 Å². The topological polar surface area (TPSA) is 119 Å². The average Bonchev–Trinajstić information content (AvgIpc) is 2.03. The minimum Gasteiger partial charge on any atom is -0.449 e. The Morgan fingerprint density at radius 3 is 1.40 bits per heavy atom. The Kier molecular flexibility index (Phi) is 10.4. The van der Waals surface area contributed by atoms with Crippen LogP contribution in [0.2, 0.25) is 0 Å². The summed E-state index contributed by atoms with van der Waals surface area (Å²) in [5.74, 6) is 0. The molecule has 0 fully saturated rings. The first-order valence-corrected chi connectivity index (χ1v) is 3.87. The zero-order chi connectivity index (χ0) is 12.3. The maximum Gasteiger partial charge on any atom is 0.516 e. The zero-order valence-electron chi connectivity index (χ0n) is 8.26. The predicted octanol–water partition coefficient (Wildman–Crippen LogP) is 1.54. The molecule has 0 aliphatic heterocycles. The number of carbonyl (C=O) groups excluding carboxylic acids is 1. The van der Waals surface area contributed by atoms with Crippen molar-refractivity contribution in [1.29, 1.82) is 0 Å². The van der Waals surface area contributed by atoms with Crippen LogP contribution in [0, 0.1) is 0 Å². The van der Waals surface area contributed by atoms with Crippen molar-refractivity contribution in [3.05, 3.63) is 0 Å². The van der Waals surface area contributed by atoms with Gasteiger partial charge in [-0.25, -0.2) is 14.4 Å². The van der Waals surface area contributed by atoms with Gasteiger partial charge in [-0.15, -0.1) is 0 Å². The third-order valence-electron chi connectivity index (χ3n) is 0.699. The van der Waals surface area contributed by atoms with Crippen LogP contribution in [0.1, 0.15) is 13.8 Å². The maximum absolute atomic E-state index is 10.2. The first-order chi connectivity index (χ1) is 6.93. The van der Waals surface area contributed by atoms with E-state index in [1.165, 1.54) is 0 Å². The normalized spacial score (nSPS) is 7.87. The van der Waals surface area contributed by atoms with Crippen molar-refractivity contribution >= 4 is 18.5 Å². The molecule has 8 heteroatoms. The number of rotatable bonds is 2. The molecule has 2 N–H and O–H groups in total. The SMILES string of the molecule is CCOC(=O)OCC.O=C(O)OC(=O)O. The highest BCUT2D eigenvalue weighted by Crippen LogP contribution is 1.81. The van der Waals surface area contributed by atoms with Crippen LogP contribution in [0.15, 0.2) is 0 Å². The van der Waals surface area contributed by atoms with E-state index in [0.29, 0.717) is 13.2 Å². The van der Waals surface area contributed by atoms with Gasteiger partial charge in [0, 0.05) is 0 Å². The molecule has 8 nitrogen and oxygen atoms in total. The Hall–Kier alpha value is -1.99. The Bertz CT molecular complexity index is 191. The molecule has 0 aromatic heterocycles. The van der Waals surface area contributed by atoms with E-state index >= 15 is 0 Å². The van der Waals surface area contributed by atoms with E-state index in [9.17, 15) is 14.4 Å². The summed E-state index contributed by atoms with van der Waals surface area (Å²) in [5.41, 5.74) is 0. The van der Waals surface area contributed by atoms with Crippen LogP contribution in [0.4, 0.5) is 14.4 Å². The summed E-state index contributed by atoms with van der Waals surface area (Å²) >= 11 is 0. The van der Waals surface area contributed by atoms with Crippen LogP contribution >= 0.6 is 0 Å². The molecule has 0 spiro atoms. The highest BCUT2D eigenvalue weighted by molar-refractivity contribution is 5.74. The van der Waals surface area contributed by atoms with Crippen molar-refractivity contribution in [2.45, 2.75) is 13.8 Å². The summed E-state index contributed by atoms with van der Waals surface area (Å²) in [5, 5.41) is 15.0. The predicted molar refractivity (Wildman–Crippen MR) is 45.8 cm³/mol. The van der Waals surface area contributed by atoms with Crippen molar-refractivity contribution in [2.75, 3.05) is 13.2 Å². The summed E-state index contributed by atoms with van der Waals surface area (Å²) in [6.07, 6.45) is -4.21. The number of hydrogen-bond donors (Lipinski definition) is 2. The third kappa shape index (κ3) is 18.8. The lowest BCUT2D eigenvalue weighted by Gasteiger charge is -1.98. The van der Waals surface area contributed by atoms with E-state index in [0.717, 1.165) is 0 Å². The lowest BCUT2D eigenvalue weighted by Crippen LogP contribution is -2.05. The molecule has 0 atom stereocenters. The molecule has 0 heterocycles. The van der Waals surface area contributed by atoms with Gasteiger partial charge in [-0.05, 0) is 13.8 Å². The second kappa shape index (κ2) is 10.1. The summed E-state index contributed by atoms with van der Waals surface area (Å²) in [6.45, 7) is 4.21. The van der Waals surface area contributed by atoms with Crippen LogP contribution in [-0.2, 0) is 14.2 Å². The second-order valence-electron chi connectivity index (χ2n) is 1.75. The summed E-state index contributed by atoms with van der Waals surface area (Å²) in [7, 11) is 0. The molecular weight excluding hydrogens is 212 g/mol. The summed E-state index contributed by atoms with van der Waals surface area (Å²) in [4.78, 5) is 28.6. The van der Waals surface area contributed by atoms with Gasteiger partial charge in [-0.3, -0.25) is 0 Å². The summed E-state index contributed by atoms with van der Waals surface area (Å²) < 4.78 is 11.9. The van der Waals surface area contributed by atoms with Crippen LogP contribution in [0.5, 0.6) is 0 Å². The van der Waals surface area contributed by atoms with E-state index in [1.54, 1.807) is 13.8 Å². The molecule has 0 amide bonds. The van der Waals surface area contributed by atoms with Gasteiger partial charge in [-0.1, -0.05) is 0 Å². The van der Waals surface area contributed by atoms with Crippen molar-refractivity contribution in [3.8, 4) is 0 Å². The van der Waals surface area contributed by atoms with Crippen molar-refractivity contribution in [3.63, 3.8) is 0 Å². The maximum atomic E-state index is 10.2. The van der Waals surface area contributed by atoms with E-state index in [4.69, 9.17) is 10.2 Å². The molecule has 0 aromatic carbocycles. The van der Waals surface area contributed by atoms with Gasteiger partial charge in [-0.2, -0.15) is 0 Å². The average molecular weight is 224 g/mol. The zero-order valence-corrected chi connectivity index (χ0v) is 8.26. The van der Waals surface area contributed by atoms with Crippen LogP contribution in [0.25, 0.3) is 0 Å². The highest BCUT2D eigenvalue weighted by atomic mass is 16.7. The second-order valence-corrected chi connectivity index (χ2v) is 1.75. The lowest BCUT2D eigenvalue weighted by molar-refractivity contribution is 0.0629. The quantitative estimate of drug-likeness (QED) is 0.535. The largest absolute Gasteiger partial charge is 0.516 e. The Labute approximate surface area is 85.3 Å². The van der Waals surface area contributed by atoms with E-state index < -0.39 is 18.5 Å². The van der Waals surface area contributed by atoms with Crippen LogP contribution in [-0.4, -0.2) is 41.9 Å². The fraction of sp³-hybridized carbons (Fsp3) is 0.571. The number of hydrogen-bond acceptors (Lipinski definition) is 6. The molecule has 0 saturated carbocycles. The van der Waals surface area contributed by atoms with Crippen molar-refractivity contribution in [2.24, 2.45) is 0 Å². The third-order valence-corrected chi connectivity index (χ3v) is 0.699. The molecule has 88 valence electrons. The molecule has 0 bridgehead atoms. The Morgan fingerprint density at radius 2 is 1.27 bits per heavy atom. The number of carbonyl (C=O) groups is 3. The lowest BCUT2D eigenvalue weighted by atomic mass is 10.8. The molecule has 0 radical (unpaired) electrons. The Balaban J connectivity index is 0. The van der Waals surface area contributed by atoms with Crippen LogP contribution < -0.4 is 0 Å². The first-order valence-electron chi connectivity index (χ1n) is 3.87. The van der Waals surface area contributed by atoms with Gasteiger partial charge < -0.3 is 24.4 Å². The minimum atomic E-state index is -1.81. The molecule has 0 aromatic rings. The molecule has 0 saturated heterocycles. The Morgan fingerprint density at radius 1 is 0.933 bits per heavy atom. The standard InChI is InChI=1S/C5H10O3.C2H2O5/c1-3-7-5(6)8-4-2;3-1(4)7-2(5)6/h3-4H2,1-2H3;(H,3,4)(H,5,6). The molecular formula is C7H12O8. The smallest absolute Gasteiger partial charge is 0.449 e. The molecule has 15 heavy (non-hydrogen) atoms. The van der Waals surface area contributed by atoms with Crippen molar-refractivity contribution in [1.82, 2.24) is 0 Å². The molecule has 0 aliphatic carbocycles. The summed E-state index contributed by atoms with van der Waals surface area (Å²) in [6, 6.07) is 0. The number of carboxylic acid groups (broad SMARTS) is 2. The fourth-order valence-corrected chi connectivity index (χ4v) is 0.352. The van der Waals surface area contributed by atoms with E-state index in [-0.39, 0.29) is 0 Å². The fourth-order valence-electron chi connectivity index (χ4n) is 0.352. The van der Waals surface area contributed by atoms with Gasteiger partial charge in [0.2, 0.25) is 0 Å². The van der Waals surface area contributed by atoms with Gasteiger partial charge in [0.1, 0.15) is 0 Å². The van der Waals surface area contributed by atoms with Crippen LogP contribution in [0.3, 0.4) is 0 Å². The number of ether oxygens (including phenoxy) is 3. The van der Waals surface area contributed by atoms with E-state index in [2.05, 4.69) is 14.2 Å². The monoisotopic (exact) mass is 224 g/mol. The van der Waals surface area contributed by atoms with Gasteiger partial charge in [0.15, 0.2) is 0 Å².